The molecule has 0 bridgehead atoms. The van der Waals surface area contributed by atoms with Crippen LogP contribution in [-0.4, -0.2) is 42.9 Å². The van der Waals surface area contributed by atoms with Crippen molar-refractivity contribution in [2.24, 2.45) is 5.92 Å². The van der Waals surface area contributed by atoms with Gasteiger partial charge in [-0.1, -0.05) is 37.3 Å². The predicted molar refractivity (Wildman–Crippen MR) is 114 cm³/mol. The molecule has 0 radical (unpaired) electrons. The van der Waals surface area contributed by atoms with Gasteiger partial charge in [-0.3, -0.25) is 14.4 Å². The summed E-state index contributed by atoms with van der Waals surface area (Å²) in [5.41, 5.74) is 1.44. The van der Waals surface area contributed by atoms with Crippen LogP contribution in [0.5, 0.6) is 0 Å². The minimum absolute atomic E-state index is 0.00533. The van der Waals surface area contributed by atoms with Gasteiger partial charge in [0.05, 0.1) is 18.1 Å². The molecule has 3 rings (SSSR count). The van der Waals surface area contributed by atoms with Crippen molar-refractivity contribution < 1.29 is 28.7 Å². The molecule has 0 N–H and O–H groups in total. The van der Waals surface area contributed by atoms with Crippen molar-refractivity contribution in [3.63, 3.8) is 0 Å². The quantitative estimate of drug-likeness (QED) is 0.477. The van der Waals surface area contributed by atoms with Gasteiger partial charge >= 0.3 is 11.9 Å². The Hall–Kier alpha value is -3.48. The van der Waals surface area contributed by atoms with E-state index in [1.165, 1.54) is 11.8 Å². The lowest BCUT2D eigenvalue weighted by molar-refractivity contribution is -0.151. The van der Waals surface area contributed by atoms with Crippen LogP contribution in [-0.2, 0) is 19.1 Å². The van der Waals surface area contributed by atoms with Crippen LogP contribution in [0.2, 0.25) is 0 Å². The molecule has 2 aromatic carbocycles. The van der Waals surface area contributed by atoms with Crippen molar-refractivity contribution in [2.45, 2.75) is 32.8 Å². The molecule has 1 fully saturated rings. The number of carbonyl (C=O) groups excluding carboxylic acids is 4. The van der Waals surface area contributed by atoms with Gasteiger partial charge in [0.1, 0.15) is 0 Å². The first-order valence-corrected chi connectivity index (χ1v) is 10.3. The second-order valence-electron chi connectivity index (χ2n) is 7.40. The molecular formula is C24H25NO6. The van der Waals surface area contributed by atoms with Gasteiger partial charge in [-0.25, -0.2) is 4.79 Å². The molecule has 31 heavy (non-hydrogen) atoms. The zero-order valence-corrected chi connectivity index (χ0v) is 17.6. The molecule has 2 atom stereocenters. The smallest absolute Gasteiger partial charge is 0.338 e. The first-order chi connectivity index (χ1) is 14.9. The Bertz CT molecular complexity index is 954. The molecule has 7 nitrogen and oxygen atoms in total. The Labute approximate surface area is 180 Å². The number of ether oxygens (including phenoxy) is 2. The molecule has 1 saturated heterocycles. The van der Waals surface area contributed by atoms with Gasteiger partial charge in [0, 0.05) is 24.2 Å². The average Bonchev–Trinajstić information content (AvgIpc) is 3.19. The molecule has 2 aromatic rings. The highest BCUT2D eigenvalue weighted by molar-refractivity contribution is 6.02. The minimum atomic E-state index is -0.938. The third kappa shape index (κ3) is 5.36. The van der Waals surface area contributed by atoms with Crippen LogP contribution in [0.1, 0.15) is 47.4 Å². The standard InChI is InChI=1S/C24H25NO6/c1-3-13-30-23(28)18-9-11-20(12-10-18)25-15-19(14-21(25)26)24(29)31-16(2)22(27)17-7-5-4-6-8-17/h4-12,16,19H,3,13-15H2,1-2H3/t16-,19-/m1/s1. The highest BCUT2D eigenvalue weighted by Gasteiger charge is 2.37. The lowest BCUT2D eigenvalue weighted by atomic mass is 10.1. The summed E-state index contributed by atoms with van der Waals surface area (Å²) in [5, 5.41) is 0. The van der Waals surface area contributed by atoms with Crippen molar-refractivity contribution in [1.29, 1.82) is 0 Å². The molecule has 0 aromatic heterocycles. The number of hydrogen-bond donors (Lipinski definition) is 0. The van der Waals surface area contributed by atoms with Crippen LogP contribution in [0.4, 0.5) is 5.69 Å². The molecule has 1 heterocycles. The second kappa shape index (κ2) is 10.0. The summed E-state index contributed by atoms with van der Waals surface area (Å²) in [4.78, 5) is 50.8. The Morgan fingerprint density at radius 1 is 1.03 bits per heavy atom. The van der Waals surface area contributed by atoms with E-state index in [0.717, 1.165) is 6.42 Å². The van der Waals surface area contributed by atoms with Crippen LogP contribution in [0.3, 0.4) is 0 Å². The Morgan fingerprint density at radius 3 is 2.35 bits per heavy atom. The molecule has 162 valence electrons. The number of Topliss-reactive ketones (excluding diaryl/α,β-unsaturated/α-hetero) is 1. The zero-order chi connectivity index (χ0) is 22.4. The maximum Gasteiger partial charge on any atom is 0.338 e. The predicted octanol–water partition coefficient (Wildman–Crippen LogP) is 3.42. The number of hydrogen-bond acceptors (Lipinski definition) is 6. The number of nitrogens with zero attached hydrogens (tertiary/aromatic N) is 1. The van der Waals surface area contributed by atoms with E-state index in [4.69, 9.17) is 9.47 Å². The number of benzene rings is 2. The number of ketones is 1. The number of rotatable bonds is 8. The maximum atomic E-state index is 12.5. The molecule has 0 unspecified atom stereocenters. The molecule has 0 spiro atoms. The van der Waals surface area contributed by atoms with Gasteiger partial charge in [0.15, 0.2) is 6.10 Å². The third-order valence-electron chi connectivity index (χ3n) is 5.03. The largest absolute Gasteiger partial charge is 0.462 e. The summed E-state index contributed by atoms with van der Waals surface area (Å²) < 4.78 is 10.4. The fourth-order valence-electron chi connectivity index (χ4n) is 3.33. The van der Waals surface area contributed by atoms with E-state index >= 15 is 0 Å². The highest BCUT2D eigenvalue weighted by atomic mass is 16.5. The Balaban J connectivity index is 1.60. The Kier molecular flexibility index (Phi) is 7.18. The van der Waals surface area contributed by atoms with Crippen LogP contribution in [0.15, 0.2) is 54.6 Å². The van der Waals surface area contributed by atoms with Gasteiger partial charge in [0.25, 0.3) is 0 Å². The summed E-state index contributed by atoms with van der Waals surface area (Å²) in [5.74, 6) is -2.16. The Morgan fingerprint density at radius 2 is 1.71 bits per heavy atom. The molecule has 0 aliphatic carbocycles. The minimum Gasteiger partial charge on any atom is -0.462 e. The van der Waals surface area contributed by atoms with Crippen molar-refractivity contribution >= 4 is 29.3 Å². The average molecular weight is 423 g/mol. The fraction of sp³-hybridized carbons (Fsp3) is 0.333. The summed E-state index contributed by atoms with van der Waals surface area (Å²) in [6.45, 7) is 3.94. The zero-order valence-electron chi connectivity index (χ0n) is 17.6. The van der Waals surface area contributed by atoms with E-state index in [1.54, 1.807) is 54.6 Å². The van der Waals surface area contributed by atoms with Crippen LogP contribution in [0.25, 0.3) is 0 Å². The van der Waals surface area contributed by atoms with E-state index in [1.807, 2.05) is 6.92 Å². The summed E-state index contributed by atoms with van der Waals surface area (Å²) in [6, 6.07) is 15.1. The fourth-order valence-corrected chi connectivity index (χ4v) is 3.33. The van der Waals surface area contributed by atoms with Gasteiger partial charge in [-0.05, 0) is 37.6 Å². The first-order valence-electron chi connectivity index (χ1n) is 10.3. The van der Waals surface area contributed by atoms with Crippen LogP contribution >= 0.6 is 0 Å². The van der Waals surface area contributed by atoms with E-state index in [-0.39, 0.29) is 24.7 Å². The number of esters is 2. The number of carbonyl (C=O) groups is 4. The molecule has 1 aliphatic heterocycles. The molecule has 0 saturated carbocycles. The van der Waals surface area contributed by atoms with E-state index in [9.17, 15) is 19.2 Å². The normalized spacial score (nSPS) is 16.6. The van der Waals surface area contributed by atoms with Crippen LogP contribution < -0.4 is 4.90 Å². The third-order valence-corrected chi connectivity index (χ3v) is 5.03. The van der Waals surface area contributed by atoms with Crippen molar-refractivity contribution in [2.75, 3.05) is 18.1 Å². The summed E-state index contributed by atoms with van der Waals surface area (Å²) in [6.07, 6.45) is -0.197. The number of amides is 1. The lowest BCUT2D eigenvalue weighted by Crippen LogP contribution is -2.30. The number of anilines is 1. The topological polar surface area (TPSA) is 90.0 Å². The van der Waals surface area contributed by atoms with E-state index in [0.29, 0.717) is 23.4 Å². The maximum absolute atomic E-state index is 12.5. The lowest BCUT2D eigenvalue weighted by Gasteiger charge is -2.18. The summed E-state index contributed by atoms with van der Waals surface area (Å²) in [7, 11) is 0. The highest BCUT2D eigenvalue weighted by Crippen LogP contribution is 2.27. The summed E-state index contributed by atoms with van der Waals surface area (Å²) >= 11 is 0. The van der Waals surface area contributed by atoms with Gasteiger partial charge in [0.2, 0.25) is 11.7 Å². The van der Waals surface area contributed by atoms with Gasteiger partial charge < -0.3 is 14.4 Å². The van der Waals surface area contributed by atoms with Crippen molar-refractivity contribution in [1.82, 2.24) is 0 Å². The molecular weight excluding hydrogens is 398 g/mol. The van der Waals surface area contributed by atoms with E-state index in [2.05, 4.69) is 0 Å². The molecule has 7 heteroatoms. The monoisotopic (exact) mass is 423 g/mol. The molecule has 1 aliphatic rings. The first kappa shape index (κ1) is 22.2. The van der Waals surface area contributed by atoms with Gasteiger partial charge in [-0.2, -0.15) is 0 Å². The van der Waals surface area contributed by atoms with Crippen molar-refractivity contribution in [3.05, 3.63) is 65.7 Å². The molecule has 1 amide bonds. The SMILES string of the molecule is CCCOC(=O)c1ccc(N2C[C@H](C(=O)O[C@H](C)C(=O)c3ccccc3)CC2=O)cc1. The van der Waals surface area contributed by atoms with E-state index < -0.39 is 24.0 Å². The van der Waals surface area contributed by atoms with Gasteiger partial charge in [-0.15, -0.1) is 0 Å². The van der Waals surface area contributed by atoms with Crippen molar-refractivity contribution in [3.8, 4) is 0 Å². The second-order valence-corrected chi connectivity index (χ2v) is 7.40. The van der Waals surface area contributed by atoms with Crippen LogP contribution in [0, 0.1) is 5.92 Å².